The fourth-order valence-corrected chi connectivity index (χ4v) is 1.07. The minimum atomic E-state index is -0.298. The molecule has 0 unspecified atom stereocenters. The highest BCUT2D eigenvalue weighted by molar-refractivity contribution is 5.81. The molecule has 1 rings (SSSR count). The van der Waals surface area contributed by atoms with E-state index in [1.165, 1.54) is 13.2 Å². The second-order valence-corrected chi connectivity index (χ2v) is 2.62. The van der Waals surface area contributed by atoms with Crippen molar-refractivity contribution in [1.82, 2.24) is 10.2 Å². The normalized spacial score (nSPS) is 18.2. The van der Waals surface area contributed by atoms with E-state index >= 15 is 0 Å². The first-order valence-corrected chi connectivity index (χ1v) is 4.04. The van der Waals surface area contributed by atoms with Crippen molar-refractivity contribution in [2.45, 2.75) is 0 Å². The summed E-state index contributed by atoms with van der Waals surface area (Å²) in [5.74, 6) is -0.298. The van der Waals surface area contributed by atoms with E-state index in [-0.39, 0.29) is 5.97 Å². The lowest BCUT2D eigenvalue weighted by molar-refractivity contribution is -0.134. The second kappa shape index (κ2) is 4.77. The van der Waals surface area contributed by atoms with Gasteiger partial charge in [-0.3, -0.25) is 0 Å². The largest absolute Gasteiger partial charge is 0.466 e. The van der Waals surface area contributed by atoms with E-state index in [0.29, 0.717) is 0 Å². The SMILES string of the molecule is COC(=O)/C=C/N1CCNCC1. The smallest absolute Gasteiger partial charge is 0.331 e. The van der Waals surface area contributed by atoms with Crippen LogP contribution >= 0.6 is 0 Å². The number of carbonyl (C=O) groups is 1. The summed E-state index contributed by atoms with van der Waals surface area (Å²) in [6, 6.07) is 0. The van der Waals surface area contributed by atoms with Gasteiger partial charge in [-0.15, -0.1) is 0 Å². The molecule has 0 aromatic carbocycles. The van der Waals surface area contributed by atoms with Crippen LogP contribution in [0.15, 0.2) is 12.3 Å². The summed E-state index contributed by atoms with van der Waals surface area (Å²) < 4.78 is 4.47. The molecule has 0 radical (unpaired) electrons. The average molecular weight is 170 g/mol. The van der Waals surface area contributed by atoms with Gasteiger partial charge in [-0.05, 0) is 0 Å². The van der Waals surface area contributed by atoms with Gasteiger partial charge in [0.15, 0.2) is 0 Å². The highest BCUT2D eigenvalue weighted by Gasteiger charge is 2.04. The maximum atomic E-state index is 10.7. The van der Waals surface area contributed by atoms with Gasteiger partial charge in [0.25, 0.3) is 0 Å². The van der Waals surface area contributed by atoms with Gasteiger partial charge >= 0.3 is 5.97 Å². The van der Waals surface area contributed by atoms with Gasteiger partial charge in [0.1, 0.15) is 0 Å². The van der Waals surface area contributed by atoms with E-state index < -0.39 is 0 Å². The van der Waals surface area contributed by atoms with Gasteiger partial charge in [0, 0.05) is 38.5 Å². The minimum absolute atomic E-state index is 0.298. The van der Waals surface area contributed by atoms with E-state index in [1.807, 2.05) is 0 Å². The van der Waals surface area contributed by atoms with Crippen molar-refractivity contribution in [2.75, 3.05) is 33.3 Å². The highest BCUT2D eigenvalue weighted by atomic mass is 16.5. The highest BCUT2D eigenvalue weighted by Crippen LogP contribution is 1.92. The summed E-state index contributed by atoms with van der Waals surface area (Å²) in [4.78, 5) is 12.8. The van der Waals surface area contributed by atoms with Crippen LogP contribution in [0.4, 0.5) is 0 Å². The average Bonchev–Trinajstić information content (AvgIpc) is 2.16. The van der Waals surface area contributed by atoms with Gasteiger partial charge in [0.2, 0.25) is 0 Å². The molecule has 0 aliphatic carbocycles. The van der Waals surface area contributed by atoms with Crippen molar-refractivity contribution in [3.05, 3.63) is 12.3 Å². The lowest BCUT2D eigenvalue weighted by Gasteiger charge is -2.25. The molecule has 1 heterocycles. The quantitative estimate of drug-likeness (QED) is 0.451. The third-order valence-electron chi connectivity index (χ3n) is 1.77. The zero-order valence-corrected chi connectivity index (χ0v) is 7.25. The van der Waals surface area contributed by atoms with Crippen molar-refractivity contribution in [3.8, 4) is 0 Å². The molecule has 0 saturated carbocycles. The Morgan fingerprint density at radius 3 is 2.75 bits per heavy atom. The lowest BCUT2D eigenvalue weighted by atomic mass is 10.4. The van der Waals surface area contributed by atoms with Crippen molar-refractivity contribution in [3.63, 3.8) is 0 Å². The van der Waals surface area contributed by atoms with Crippen LogP contribution in [0.25, 0.3) is 0 Å². The molecule has 1 aliphatic rings. The Balaban J connectivity index is 2.28. The molecular weight excluding hydrogens is 156 g/mol. The molecule has 1 N–H and O–H groups in total. The van der Waals surface area contributed by atoms with E-state index in [1.54, 1.807) is 6.20 Å². The summed E-state index contributed by atoms with van der Waals surface area (Å²) in [5, 5.41) is 3.22. The van der Waals surface area contributed by atoms with Crippen LogP contribution in [-0.4, -0.2) is 44.2 Å². The van der Waals surface area contributed by atoms with Crippen LogP contribution in [0.5, 0.6) is 0 Å². The monoisotopic (exact) mass is 170 g/mol. The standard InChI is InChI=1S/C8H14N2O2/c1-12-8(11)2-5-10-6-3-9-4-7-10/h2,5,9H,3-4,6-7H2,1H3/b5-2+. The number of piperazine rings is 1. The predicted molar refractivity (Wildman–Crippen MR) is 45.6 cm³/mol. The Labute approximate surface area is 72.2 Å². The summed E-state index contributed by atoms with van der Waals surface area (Å²) >= 11 is 0. The van der Waals surface area contributed by atoms with E-state index in [0.717, 1.165) is 26.2 Å². The number of nitrogens with zero attached hydrogens (tertiary/aromatic N) is 1. The number of rotatable bonds is 2. The molecule has 0 bridgehead atoms. The molecule has 4 nitrogen and oxygen atoms in total. The molecule has 0 aromatic heterocycles. The maximum Gasteiger partial charge on any atom is 0.331 e. The zero-order valence-electron chi connectivity index (χ0n) is 7.25. The Kier molecular flexibility index (Phi) is 3.60. The van der Waals surface area contributed by atoms with Crippen molar-refractivity contribution >= 4 is 5.97 Å². The summed E-state index contributed by atoms with van der Waals surface area (Å²) in [5.41, 5.74) is 0. The van der Waals surface area contributed by atoms with Gasteiger partial charge in [-0.2, -0.15) is 0 Å². The number of carbonyl (C=O) groups excluding carboxylic acids is 1. The third-order valence-corrected chi connectivity index (χ3v) is 1.77. The molecule has 0 atom stereocenters. The molecule has 1 aliphatic heterocycles. The number of hydrogen-bond acceptors (Lipinski definition) is 4. The molecule has 1 fully saturated rings. The van der Waals surface area contributed by atoms with Crippen LogP contribution in [-0.2, 0) is 9.53 Å². The second-order valence-electron chi connectivity index (χ2n) is 2.62. The van der Waals surface area contributed by atoms with Crippen molar-refractivity contribution < 1.29 is 9.53 Å². The summed E-state index contributed by atoms with van der Waals surface area (Å²) in [7, 11) is 1.38. The van der Waals surface area contributed by atoms with Crippen LogP contribution in [0.3, 0.4) is 0 Å². The van der Waals surface area contributed by atoms with Gasteiger partial charge in [0.05, 0.1) is 7.11 Å². The molecule has 12 heavy (non-hydrogen) atoms. The van der Waals surface area contributed by atoms with Crippen molar-refractivity contribution in [2.24, 2.45) is 0 Å². The summed E-state index contributed by atoms with van der Waals surface area (Å²) in [6.45, 7) is 3.86. The maximum absolute atomic E-state index is 10.7. The molecule has 0 aromatic rings. The van der Waals surface area contributed by atoms with E-state index in [4.69, 9.17) is 0 Å². The first-order chi connectivity index (χ1) is 5.83. The number of methoxy groups -OCH3 is 1. The van der Waals surface area contributed by atoms with Crippen LogP contribution < -0.4 is 5.32 Å². The van der Waals surface area contributed by atoms with E-state index in [9.17, 15) is 4.79 Å². The first-order valence-electron chi connectivity index (χ1n) is 4.04. The Morgan fingerprint density at radius 1 is 1.50 bits per heavy atom. The topological polar surface area (TPSA) is 41.6 Å². The van der Waals surface area contributed by atoms with Crippen LogP contribution in [0, 0.1) is 0 Å². The fourth-order valence-electron chi connectivity index (χ4n) is 1.07. The lowest BCUT2D eigenvalue weighted by Crippen LogP contribution is -2.40. The van der Waals surface area contributed by atoms with Crippen molar-refractivity contribution in [1.29, 1.82) is 0 Å². The molecule has 1 saturated heterocycles. The summed E-state index contributed by atoms with van der Waals surface area (Å²) in [6.07, 6.45) is 3.23. The van der Waals surface area contributed by atoms with E-state index in [2.05, 4.69) is 15.0 Å². The number of hydrogen-bond donors (Lipinski definition) is 1. The molecule has 68 valence electrons. The number of esters is 1. The molecular formula is C8H14N2O2. The molecule has 0 spiro atoms. The van der Waals surface area contributed by atoms with Gasteiger partial charge in [-0.1, -0.05) is 0 Å². The molecule has 4 heteroatoms. The Hall–Kier alpha value is -1.03. The minimum Gasteiger partial charge on any atom is -0.466 e. The van der Waals surface area contributed by atoms with Gasteiger partial charge < -0.3 is 15.0 Å². The number of ether oxygens (including phenoxy) is 1. The zero-order chi connectivity index (χ0) is 8.81. The third kappa shape index (κ3) is 2.92. The predicted octanol–water partition coefficient (Wildman–Crippen LogP) is -0.422. The van der Waals surface area contributed by atoms with Gasteiger partial charge in [-0.25, -0.2) is 4.79 Å². The fraction of sp³-hybridized carbons (Fsp3) is 0.625. The first kappa shape index (κ1) is 9.06. The van der Waals surface area contributed by atoms with Crippen LogP contribution in [0.1, 0.15) is 0 Å². The Morgan fingerprint density at radius 2 is 2.17 bits per heavy atom. The molecule has 0 amide bonds. The Bertz CT molecular complexity index is 174. The van der Waals surface area contributed by atoms with Crippen LogP contribution in [0.2, 0.25) is 0 Å². The number of nitrogens with one attached hydrogen (secondary N) is 1.